The molecule has 1 aromatic heterocycles. The Hall–Kier alpha value is -2.36. The Morgan fingerprint density at radius 3 is 2.85 bits per heavy atom. The standard InChI is InChI=1S/C20H23N3O3/c24-22-14-17-12-19-18(13-21-23(19)20-3-1-2-8-26-20)11-16(17)5-4-15-6-9-25-10-7-15/h11-15,20,24H,1-3,6-10H2/b22-14+. The largest absolute Gasteiger partial charge is 0.411 e. The summed E-state index contributed by atoms with van der Waals surface area (Å²) in [5, 5.41) is 17.8. The number of fused-ring (bicyclic) bond motifs is 1. The molecule has 1 atom stereocenters. The molecule has 2 aliphatic heterocycles. The molecular weight excluding hydrogens is 330 g/mol. The SMILES string of the molecule is O/N=C/c1cc2c(cnn2C2CCCCO2)cc1C#CC1CCOCC1. The second-order valence-electron chi connectivity index (χ2n) is 6.81. The van der Waals surface area contributed by atoms with Crippen molar-refractivity contribution in [1.82, 2.24) is 9.78 Å². The highest BCUT2D eigenvalue weighted by Gasteiger charge is 2.19. The normalized spacial score (nSPS) is 21.8. The zero-order chi connectivity index (χ0) is 17.8. The summed E-state index contributed by atoms with van der Waals surface area (Å²) in [5.74, 6) is 6.98. The molecule has 0 radical (unpaired) electrons. The molecular formula is C20H23N3O3. The van der Waals surface area contributed by atoms with E-state index in [0.717, 1.165) is 74.0 Å². The van der Waals surface area contributed by atoms with E-state index in [0.29, 0.717) is 5.92 Å². The Morgan fingerprint density at radius 2 is 2.08 bits per heavy atom. The molecule has 3 heterocycles. The van der Waals surface area contributed by atoms with Gasteiger partial charge in [-0.05, 0) is 44.2 Å². The predicted molar refractivity (Wildman–Crippen MR) is 98.4 cm³/mol. The molecule has 0 spiro atoms. The first kappa shape index (κ1) is 17.1. The first-order valence-electron chi connectivity index (χ1n) is 9.25. The number of rotatable bonds is 2. The number of ether oxygens (including phenoxy) is 2. The van der Waals surface area contributed by atoms with Crippen molar-refractivity contribution in [2.75, 3.05) is 19.8 Å². The van der Waals surface area contributed by atoms with Crippen LogP contribution in [0.5, 0.6) is 0 Å². The lowest BCUT2D eigenvalue weighted by molar-refractivity contribution is -0.0366. The fraction of sp³-hybridized carbons (Fsp3) is 0.500. The molecule has 1 aromatic carbocycles. The summed E-state index contributed by atoms with van der Waals surface area (Å²) >= 11 is 0. The molecule has 2 fully saturated rings. The molecule has 1 unspecified atom stereocenters. The quantitative estimate of drug-likeness (QED) is 0.389. The minimum absolute atomic E-state index is 0.0284. The van der Waals surface area contributed by atoms with Crippen molar-refractivity contribution in [3.8, 4) is 11.8 Å². The van der Waals surface area contributed by atoms with Gasteiger partial charge in [0.05, 0.1) is 17.9 Å². The smallest absolute Gasteiger partial charge is 0.150 e. The highest BCUT2D eigenvalue weighted by atomic mass is 16.5. The van der Waals surface area contributed by atoms with E-state index in [1.807, 2.05) is 23.0 Å². The number of oxime groups is 1. The molecule has 0 bridgehead atoms. The van der Waals surface area contributed by atoms with E-state index in [1.54, 1.807) is 0 Å². The lowest BCUT2D eigenvalue weighted by Gasteiger charge is -2.23. The molecule has 1 N–H and O–H groups in total. The van der Waals surface area contributed by atoms with Crippen LogP contribution < -0.4 is 0 Å². The third kappa shape index (κ3) is 3.59. The molecule has 0 aliphatic carbocycles. The molecule has 6 nitrogen and oxygen atoms in total. The zero-order valence-corrected chi connectivity index (χ0v) is 14.7. The highest BCUT2D eigenvalue weighted by molar-refractivity contribution is 5.92. The second-order valence-corrected chi connectivity index (χ2v) is 6.81. The fourth-order valence-corrected chi connectivity index (χ4v) is 3.55. The summed E-state index contributed by atoms with van der Waals surface area (Å²) in [6.45, 7) is 2.32. The van der Waals surface area contributed by atoms with Gasteiger partial charge in [-0.2, -0.15) is 5.10 Å². The van der Waals surface area contributed by atoms with Crippen LogP contribution in [0.4, 0.5) is 0 Å². The Morgan fingerprint density at radius 1 is 1.19 bits per heavy atom. The number of hydrogen-bond donors (Lipinski definition) is 1. The predicted octanol–water partition coefficient (Wildman–Crippen LogP) is 3.32. The van der Waals surface area contributed by atoms with E-state index in [9.17, 15) is 0 Å². The van der Waals surface area contributed by atoms with Gasteiger partial charge in [0.15, 0.2) is 6.23 Å². The topological polar surface area (TPSA) is 68.9 Å². The van der Waals surface area contributed by atoms with Gasteiger partial charge >= 0.3 is 0 Å². The molecule has 2 saturated heterocycles. The van der Waals surface area contributed by atoms with Crippen LogP contribution in [0, 0.1) is 17.8 Å². The Kier molecular flexibility index (Phi) is 5.19. The molecule has 4 rings (SSSR count). The van der Waals surface area contributed by atoms with Gasteiger partial charge in [0.25, 0.3) is 0 Å². The van der Waals surface area contributed by atoms with Crippen molar-refractivity contribution in [1.29, 1.82) is 0 Å². The van der Waals surface area contributed by atoms with Gasteiger partial charge in [-0.3, -0.25) is 0 Å². The summed E-state index contributed by atoms with van der Waals surface area (Å²) in [7, 11) is 0. The van der Waals surface area contributed by atoms with Crippen LogP contribution in [0.3, 0.4) is 0 Å². The maximum Gasteiger partial charge on any atom is 0.150 e. The van der Waals surface area contributed by atoms with Crippen LogP contribution in [0.1, 0.15) is 49.5 Å². The van der Waals surface area contributed by atoms with Crippen LogP contribution in [0.2, 0.25) is 0 Å². The van der Waals surface area contributed by atoms with Crippen LogP contribution >= 0.6 is 0 Å². The Bertz CT molecular complexity index is 850. The molecule has 2 aliphatic rings. The van der Waals surface area contributed by atoms with E-state index in [4.69, 9.17) is 14.7 Å². The van der Waals surface area contributed by atoms with Gasteiger partial charge in [-0.15, -0.1) is 0 Å². The second kappa shape index (κ2) is 7.90. The van der Waals surface area contributed by atoms with E-state index in [2.05, 4.69) is 22.1 Å². The van der Waals surface area contributed by atoms with E-state index < -0.39 is 0 Å². The zero-order valence-electron chi connectivity index (χ0n) is 14.7. The minimum Gasteiger partial charge on any atom is -0.411 e. The first-order valence-corrected chi connectivity index (χ1v) is 9.25. The van der Waals surface area contributed by atoms with Crippen molar-refractivity contribution in [2.24, 2.45) is 11.1 Å². The van der Waals surface area contributed by atoms with Crippen molar-refractivity contribution < 1.29 is 14.7 Å². The van der Waals surface area contributed by atoms with Crippen LogP contribution in [-0.4, -0.2) is 41.0 Å². The molecule has 26 heavy (non-hydrogen) atoms. The minimum atomic E-state index is -0.0284. The van der Waals surface area contributed by atoms with Crippen LogP contribution in [0.25, 0.3) is 10.9 Å². The summed E-state index contributed by atoms with van der Waals surface area (Å²) in [5.41, 5.74) is 2.62. The summed E-state index contributed by atoms with van der Waals surface area (Å²) < 4.78 is 13.2. The summed E-state index contributed by atoms with van der Waals surface area (Å²) in [6.07, 6.45) is 8.41. The molecule has 0 saturated carbocycles. The lowest BCUT2D eigenvalue weighted by Crippen LogP contribution is -2.19. The van der Waals surface area contributed by atoms with E-state index >= 15 is 0 Å². The van der Waals surface area contributed by atoms with Gasteiger partial charge in [-0.25, -0.2) is 4.68 Å². The summed E-state index contributed by atoms with van der Waals surface area (Å²) in [6, 6.07) is 4.00. The summed E-state index contributed by atoms with van der Waals surface area (Å²) in [4.78, 5) is 0. The number of benzene rings is 1. The monoisotopic (exact) mass is 353 g/mol. The Balaban J connectivity index is 1.69. The fourth-order valence-electron chi connectivity index (χ4n) is 3.55. The molecule has 0 amide bonds. The van der Waals surface area contributed by atoms with Crippen molar-refractivity contribution in [2.45, 2.75) is 38.3 Å². The number of aromatic nitrogens is 2. The third-order valence-electron chi connectivity index (χ3n) is 5.02. The lowest BCUT2D eigenvalue weighted by atomic mass is 9.99. The van der Waals surface area contributed by atoms with Gasteiger partial charge in [0, 0.05) is 42.3 Å². The average Bonchev–Trinajstić information content (AvgIpc) is 3.10. The molecule has 136 valence electrons. The van der Waals surface area contributed by atoms with Crippen molar-refractivity contribution >= 4 is 17.1 Å². The van der Waals surface area contributed by atoms with Gasteiger partial charge in [0.2, 0.25) is 0 Å². The number of nitrogens with zero attached hydrogens (tertiary/aromatic N) is 3. The van der Waals surface area contributed by atoms with Gasteiger partial charge in [-0.1, -0.05) is 17.0 Å². The molecule has 2 aromatic rings. The third-order valence-corrected chi connectivity index (χ3v) is 5.02. The van der Waals surface area contributed by atoms with Crippen molar-refractivity contribution in [3.05, 3.63) is 29.5 Å². The molecule has 6 heteroatoms. The maximum atomic E-state index is 9.06. The van der Waals surface area contributed by atoms with Gasteiger partial charge < -0.3 is 14.7 Å². The Labute approximate surface area is 152 Å². The van der Waals surface area contributed by atoms with Crippen molar-refractivity contribution in [3.63, 3.8) is 0 Å². The van der Waals surface area contributed by atoms with E-state index in [-0.39, 0.29) is 6.23 Å². The maximum absolute atomic E-state index is 9.06. The highest BCUT2D eigenvalue weighted by Crippen LogP contribution is 2.27. The average molecular weight is 353 g/mol. The van der Waals surface area contributed by atoms with Gasteiger partial charge in [0.1, 0.15) is 0 Å². The van der Waals surface area contributed by atoms with Crippen LogP contribution in [0.15, 0.2) is 23.5 Å². The first-order chi connectivity index (χ1) is 12.8. The number of hydrogen-bond acceptors (Lipinski definition) is 5. The van der Waals surface area contributed by atoms with E-state index in [1.165, 1.54) is 6.21 Å². The van der Waals surface area contributed by atoms with Crippen LogP contribution in [-0.2, 0) is 9.47 Å².